The van der Waals surface area contributed by atoms with Gasteiger partial charge in [-0.15, -0.1) is 0 Å². The summed E-state index contributed by atoms with van der Waals surface area (Å²) in [6, 6.07) is 12.5. The molecular formula is C28H31F3N2O3. The van der Waals surface area contributed by atoms with Gasteiger partial charge in [-0.05, 0) is 74.4 Å². The minimum atomic E-state index is -4.16. The predicted octanol–water partition coefficient (Wildman–Crippen LogP) is 6.43. The predicted molar refractivity (Wildman–Crippen MR) is 128 cm³/mol. The van der Waals surface area contributed by atoms with E-state index in [1.165, 1.54) is 0 Å². The molecule has 2 unspecified atom stereocenters. The summed E-state index contributed by atoms with van der Waals surface area (Å²) in [5, 5.41) is 21.2. The van der Waals surface area contributed by atoms with E-state index in [1.54, 1.807) is 6.07 Å². The average Bonchev–Trinajstić information content (AvgIpc) is 2.83. The first kappa shape index (κ1) is 24.9. The zero-order valence-corrected chi connectivity index (χ0v) is 20.1. The Balaban J connectivity index is 1.34. The molecule has 5 nitrogen and oxygen atoms in total. The maximum Gasteiger partial charge on any atom is 0.391 e. The fourth-order valence-electron chi connectivity index (χ4n) is 6.50. The van der Waals surface area contributed by atoms with Crippen LogP contribution in [0.25, 0.3) is 10.8 Å². The van der Waals surface area contributed by atoms with Crippen molar-refractivity contribution >= 4 is 16.7 Å². The van der Waals surface area contributed by atoms with Gasteiger partial charge in [-0.2, -0.15) is 18.4 Å². The molecule has 0 spiro atoms. The molecule has 2 heterocycles. The molecule has 192 valence electrons. The van der Waals surface area contributed by atoms with Crippen LogP contribution in [0.4, 0.5) is 13.2 Å². The van der Waals surface area contributed by atoms with Crippen LogP contribution in [0.5, 0.6) is 5.75 Å². The second-order valence-corrected chi connectivity index (χ2v) is 10.7. The zero-order valence-electron chi connectivity index (χ0n) is 20.1. The monoisotopic (exact) mass is 500 g/mol. The molecule has 2 atom stereocenters. The lowest BCUT2D eigenvalue weighted by atomic mass is 9.78. The number of hydrogen-bond donors (Lipinski definition) is 1. The molecule has 5 rings (SSSR count). The van der Waals surface area contributed by atoms with E-state index in [4.69, 9.17) is 4.74 Å². The number of hydrogen-bond acceptors (Lipinski definition) is 4. The van der Waals surface area contributed by atoms with E-state index < -0.39 is 18.1 Å². The molecule has 2 aromatic carbocycles. The number of nitrogens with zero attached hydrogens (tertiary/aromatic N) is 2. The van der Waals surface area contributed by atoms with Gasteiger partial charge in [0.25, 0.3) is 0 Å². The maximum absolute atomic E-state index is 13.0. The highest BCUT2D eigenvalue weighted by molar-refractivity contribution is 5.90. The van der Waals surface area contributed by atoms with E-state index >= 15 is 0 Å². The molecule has 8 heteroatoms. The fraction of sp³-hybridized carbons (Fsp3) is 0.571. The van der Waals surface area contributed by atoms with Gasteiger partial charge in [0.2, 0.25) is 0 Å². The third kappa shape index (κ3) is 5.04. The number of piperidine rings is 2. The van der Waals surface area contributed by atoms with E-state index in [1.807, 2.05) is 18.2 Å². The Hall–Kier alpha value is -2.79. The minimum absolute atomic E-state index is 0.0503. The maximum atomic E-state index is 13.0. The first-order valence-electron chi connectivity index (χ1n) is 12.9. The molecule has 3 fully saturated rings. The van der Waals surface area contributed by atoms with E-state index in [0.717, 1.165) is 35.6 Å². The lowest BCUT2D eigenvalue weighted by Crippen LogP contribution is -2.52. The highest BCUT2D eigenvalue weighted by atomic mass is 19.4. The summed E-state index contributed by atoms with van der Waals surface area (Å²) in [6.45, 7) is 0.703. The van der Waals surface area contributed by atoms with Crippen LogP contribution in [0.1, 0.15) is 68.9 Å². The Bertz CT molecular complexity index is 1150. The van der Waals surface area contributed by atoms with Crippen LogP contribution < -0.4 is 4.74 Å². The number of rotatable bonds is 5. The average molecular weight is 501 g/mol. The minimum Gasteiger partial charge on any atom is -0.489 e. The molecule has 2 aromatic rings. The van der Waals surface area contributed by atoms with Gasteiger partial charge < -0.3 is 9.84 Å². The molecule has 0 radical (unpaired) electrons. The number of ether oxygens (including phenoxy) is 1. The molecule has 1 saturated carbocycles. The summed E-state index contributed by atoms with van der Waals surface area (Å²) >= 11 is 0. The van der Waals surface area contributed by atoms with E-state index in [2.05, 4.69) is 17.0 Å². The SMILES string of the molecule is N#Cc1c(OC2CCC(C(F)(F)F)CC2)ccc2ccc(CN3C4CCCC3CC(C(=O)O)C4)cc12. The third-order valence-corrected chi connectivity index (χ3v) is 8.43. The Labute approximate surface area is 208 Å². The van der Waals surface area contributed by atoms with E-state index in [-0.39, 0.29) is 36.9 Å². The topological polar surface area (TPSA) is 73.6 Å². The number of carboxylic acids is 1. The Morgan fingerprint density at radius 3 is 2.33 bits per heavy atom. The van der Waals surface area contributed by atoms with Crippen molar-refractivity contribution < 1.29 is 27.8 Å². The number of carbonyl (C=O) groups is 1. The first-order valence-corrected chi connectivity index (χ1v) is 12.9. The summed E-state index contributed by atoms with van der Waals surface area (Å²) < 4.78 is 45.1. The van der Waals surface area contributed by atoms with Gasteiger partial charge in [0.15, 0.2) is 0 Å². The quantitative estimate of drug-likeness (QED) is 0.512. The fourth-order valence-corrected chi connectivity index (χ4v) is 6.50. The van der Waals surface area contributed by atoms with Crippen LogP contribution in [0, 0.1) is 23.2 Å². The highest BCUT2D eigenvalue weighted by Crippen LogP contribution is 2.40. The van der Waals surface area contributed by atoms with E-state index in [9.17, 15) is 28.3 Å². The van der Waals surface area contributed by atoms with Crippen LogP contribution >= 0.6 is 0 Å². The third-order valence-electron chi connectivity index (χ3n) is 8.43. The largest absolute Gasteiger partial charge is 0.489 e. The smallest absolute Gasteiger partial charge is 0.391 e. The number of fused-ring (bicyclic) bond motifs is 3. The Morgan fingerprint density at radius 2 is 1.72 bits per heavy atom. The Morgan fingerprint density at radius 1 is 1.06 bits per heavy atom. The highest BCUT2D eigenvalue weighted by Gasteiger charge is 2.42. The van der Waals surface area contributed by atoms with E-state index in [0.29, 0.717) is 43.5 Å². The lowest BCUT2D eigenvalue weighted by Gasteiger charge is -2.48. The zero-order chi connectivity index (χ0) is 25.4. The van der Waals surface area contributed by atoms with Gasteiger partial charge in [-0.25, -0.2) is 0 Å². The van der Waals surface area contributed by atoms with Crippen molar-refractivity contribution in [3.63, 3.8) is 0 Å². The van der Waals surface area contributed by atoms with Crippen molar-refractivity contribution in [2.75, 3.05) is 0 Å². The summed E-state index contributed by atoms with van der Waals surface area (Å²) in [5.41, 5.74) is 1.48. The molecule has 3 aliphatic rings. The molecule has 1 N–H and O–H groups in total. The Kier molecular flexibility index (Phi) is 6.86. The van der Waals surface area contributed by atoms with Crippen molar-refractivity contribution in [2.45, 2.75) is 88.7 Å². The standard InChI is InChI=1S/C28H31F3N2O3/c29-28(30,31)20-7-9-23(10-8-20)36-26-11-6-18-5-4-17(12-24(18)25(26)15-32)16-33-21-2-1-3-22(33)14-19(13-21)27(34)35/h4-6,11-12,19-23H,1-3,7-10,13-14,16H2,(H,34,35). The number of aliphatic carboxylic acids is 1. The summed E-state index contributed by atoms with van der Waals surface area (Å²) in [4.78, 5) is 14.0. The number of carboxylic acid groups (broad SMARTS) is 1. The summed E-state index contributed by atoms with van der Waals surface area (Å²) in [5.74, 6) is -1.82. The number of halogens is 3. The molecule has 1 aliphatic carbocycles. The summed E-state index contributed by atoms with van der Waals surface area (Å²) in [6.07, 6.45) is 0.746. The van der Waals surface area contributed by atoms with Gasteiger partial charge in [-0.3, -0.25) is 9.69 Å². The van der Waals surface area contributed by atoms with Gasteiger partial charge in [0.1, 0.15) is 17.4 Å². The van der Waals surface area contributed by atoms with Gasteiger partial charge in [0, 0.05) is 24.0 Å². The van der Waals surface area contributed by atoms with Crippen molar-refractivity contribution in [3.8, 4) is 11.8 Å². The molecular weight excluding hydrogens is 469 g/mol. The van der Waals surface area contributed by atoms with Crippen molar-refractivity contribution in [3.05, 3.63) is 41.5 Å². The first-order chi connectivity index (χ1) is 17.2. The second kappa shape index (κ2) is 9.93. The van der Waals surface area contributed by atoms with Crippen LogP contribution in [0.2, 0.25) is 0 Å². The van der Waals surface area contributed by atoms with Crippen molar-refractivity contribution in [1.82, 2.24) is 4.90 Å². The number of alkyl halides is 3. The van der Waals surface area contributed by atoms with Gasteiger partial charge in [0.05, 0.1) is 17.9 Å². The molecule has 0 aromatic heterocycles. The number of nitriles is 1. The molecule has 0 amide bonds. The van der Waals surface area contributed by atoms with Crippen molar-refractivity contribution in [2.24, 2.45) is 11.8 Å². The molecule has 2 aliphatic heterocycles. The van der Waals surface area contributed by atoms with Gasteiger partial charge >= 0.3 is 12.1 Å². The second-order valence-electron chi connectivity index (χ2n) is 10.7. The summed E-state index contributed by atoms with van der Waals surface area (Å²) in [7, 11) is 0. The van der Waals surface area contributed by atoms with Crippen molar-refractivity contribution in [1.29, 1.82) is 5.26 Å². The van der Waals surface area contributed by atoms with Gasteiger partial charge in [-0.1, -0.05) is 24.6 Å². The van der Waals surface area contributed by atoms with Crippen LogP contribution in [0.3, 0.4) is 0 Å². The van der Waals surface area contributed by atoms with Crippen LogP contribution in [0.15, 0.2) is 30.3 Å². The van der Waals surface area contributed by atoms with Crippen LogP contribution in [-0.4, -0.2) is 40.3 Å². The molecule has 2 bridgehead atoms. The van der Waals surface area contributed by atoms with Crippen LogP contribution in [-0.2, 0) is 11.3 Å². The number of benzene rings is 2. The molecule has 36 heavy (non-hydrogen) atoms. The normalized spacial score (nSPS) is 29.0. The lowest BCUT2D eigenvalue weighted by molar-refractivity contribution is -0.185. The molecule has 2 saturated heterocycles.